The van der Waals surface area contributed by atoms with Crippen molar-refractivity contribution >= 4 is 11.8 Å². The van der Waals surface area contributed by atoms with Gasteiger partial charge in [0.1, 0.15) is 6.04 Å². The van der Waals surface area contributed by atoms with E-state index in [1.807, 2.05) is 13.8 Å². The average Bonchev–Trinajstić information content (AvgIpc) is 2.72. The number of rotatable bonds is 10. The molecule has 0 radical (unpaired) electrons. The van der Waals surface area contributed by atoms with Gasteiger partial charge in [-0.15, -0.1) is 0 Å². The minimum atomic E-state index is -2.96. The molecule has 0 saturated heterocycles. The normalized spacial score (nSPS) is 11.8. The summed E-state index contributed by atoms with van der Waals surface area (Å²) in [6, 6.07) is 12.6. The molecule has 162 valence electrons. The summed E-state index contributed by atoms with van der Waals surface area (Å²) in [4.78, 5) is 25.0. The van der Waals surface area contributed by atoms with Crippen LogP contribution in [0.15, 0.2) is 48.5 Å². The largest absolute Gasteiger partial charge is 0.493 e. The van der Waals surface area contributed by atoms with Crippen molar-refractivity contribution in [2.75, 3.05) is 13.7 Å². The van der Waals surface area contributed by atoms with Crippen molar-refractivity contribution in [3.8, 4) is 11.5 Å². The van der Waals surface area contributed by atoms with E-state index in [1.54, 1.807) is 36.4 Å². The van der Waals surface area contributed by atoms with E-state index in [1.165, 1.54) is 19.2 Å². The van der Waals surface area contributed by atoms with Crippen LogP contribution >= 0.6 is 0 Å². The molecule has 2 aromatic rings. The number of carbonyl (C=O) groups excluding carboxylic acids is 2. The third-order valence-electron chi connectivity index (χ3n) is 4.43. The summed E-state index contributed by atoms with van der Waals surface area (Å²) in [5.41, 5.74) is 1.17. The number of amides is 2. The lowest BCUT2D eigenvalue weighted by molar-refractivity contribution is -0.123. The molecule has 30 heavy (non-hydrogen) atoms. The number of halogens is 2. The van der Waals surface area contributed by atoms with Crippen LogP contribution in [0.2, 0.25) is 0 Å². The van der Waals surface area contributed by atoms with E-state index in [4.69, 9.17) is 4.74 Å². The van der Waals surface area contributed by atoms with Gasteiger partial charge in [0, 0.05) is 12.1 Å². The van der Waals surface area contributed by atoms with Crippen molar-refractivity contribution < 1.29 is 27.8 Å². The van der Waals surface area contributed by atoms with Crippen LogP contribution in [0.4, 0.5) is 8.78 Å². The average molecular weight is 420 g/mol. The van der Waals surface area contributed by atoms with Crippen LogP contribution in [0, 0.1) is 5.92 Å². The number of nitrogens with one attached hydrogen (secondary N) is 2. The Hall–Kier alpha value is -3.16. The number of alkyl halides is 2. The van der Waals surface area contributed by atoms with Gasteiger partial charge in [0.2, 0.25) is 5.91 Å². The molecule has 8 heteroatoms. The van der Waals surface area contributed by atoms with Gasteiger partial charge < -0.3 is 20.1 Å². The highest BCUT2D eigenvalue weighted by molar-refractivity contribution is 5.97. The first kappa shape index (κ1) is 23.1. The van der Waals surface area contributed by atoms with Gasteiger partial charge in [0.25, 0.3) is 5.91 Å². The second kappa shape index (κ2) is 11.1. The molecule has 0 aliphatic carbocycles. The Bertz CT molecular complexity index is 844. The molecule has 0 fully saturated rings. The number of hydrogen-bond acceptors (Lipinski definition) is 4. The van der Waals surface area contributed by atoms with Gasteiger partial charge in [0.15, 0.2) is 11.5 Å². The Kier molecular flexibility index (Phi) is 8.58. The van der Waals surface area contributed by atoms with Crippen LogP contribution in [0.25, 0.3) is 0 Å². The summed E-state index contributed by atoms with van der Waals surface area (Å²) in [5, 5.41) is 5.54. The molecule has 2 rings (SSSR count). The van der Waals surface area contributed by atoms with Gasteiger partial charge in [-0.05, 0) is 42.2 Å². The smallest absolute Gasteiger partial charge is 0.387 e. The molecule has 0 aliphatic heterocycles. The minimum Gasteiger partial charge on any atom is -0.493 e. The van der Waals surface area contributed by atoms with Crippen LogP contribution in [0.1, 0.15) is 29.8 Å². The lowest BCUT2D eigenvalue weighted by Gasteiger charge is -2.22. The van der Waals surface area contributed by atoms with E-state index in [-0.39, 0.29) is 35.8 Å². The van der Waals surface area contributed by atoms with Crippen LogP contribution in [0.5, 0.6) is 11.5 Å². The number of benzene rings is 2. The maximum absolute atomic E-state index is 12.6. The van der Waals surface area contributed by atoms with Crippen LogP contribution in [-0.2, 0) is 11.2 Å². The molecule has 0 aliphatic rings. The summed E-state index contributed by atoms with van der Waals surface area (Å²) >= 11 is 0. The summed E-state index contributed by atoms with van der Waals surface area (Å²) in [7, 11) is 1.36. The molecule has 0 spiro atoms. The first-order chi connectivity index (χ1) is 14.3. The third-order valence-corrected chi connectivity index (χ3v) is 4.43. The highest BCUT2D eigenvalue weighted by Crippen LogP contribution is 2.29. The van der Waals surface area contributed by atoms with Crippen molar-refractivity contribution in [1.82, 2.24) is 10.6 Å². The molecule has 6 nitrogen and oxygen atoms in total. The van der Waals surface area contributed by atoms with Gasteiger partial charge >= 0.3 is 6.61 Å². The first-order valence-corrected chi connectivity index (χ1v) is 9.57. The minimum absolute atomic E-state index is 0.0634. The molecular weight excluding hydrogens is 394 g/mol. The molecule has 2 N–H and O–H groups in total. The Labute approximate surface area is 174 Å². The maximum Gasteiger partial charge on any atom is 0.387 e. The number of carbonyl (C=O) groups is 2. The Morgan fingerprint density at radius 1 is 1.03 bits per heavy atom. The predicted octanol–water partition coefficient (Wildman–Crippen LogP) is 3.41. The van der Waals surface area contributed by atoms with Crippen LogP contribution in [0.3, 0.4) is 0 Å². The second-order valence-corrected chi connectivity index (χ2v) is 6.97. The molecule has 0 heterocycles. The molecule has 0 aromatic heterocycles. The Morgan fingerprint density at radius 3 is 2.33 bits per heavy atom. The van der Waals surface area contributed by atoms with E-state index in [2.05, 4.69) is 15.4 Å². The fraction of sp³-hybridized carbons (Fsp3) is 0.364. The van der Waals surface area contributed by atoms with Crippen molar-refractivity contribution in [1.29, 1.82) is 0 Å². The summed E-state index contributed by atoms with van der Waals surface area (Å²) in [6.07, 6.45) is 0.396. The zero-order valence-corrected chi connectivity index (χ0v) is 17.2. The maximum atomic E-state index is 12.6. The van der Waals surface area contributed by atoms with E-state index in [0.29, 0.717) is 17.5 Å². The fourth-order valence-electron chi connectivity index (χ4n) is 2.85. The van der Waals surface area contributed by atoms with Gasteiger partial charge in [0.05, 0.1) is 7.11 Å². The monoisotopic (exact) mass is 420 g/mol. The Balaban J connectivity index is 1.95. The topological polar surface area (TPSA) is 76.7 Å². The number of ether oxygens (including phenoxy) is 2. The number of methoxy groups -OCH3 is 1. The zero-order chi connectivity index (χ0) is 22.1. The van der Waals surface area contributed by atoms with Crippen molar-refractivity contribution in [2.24, 2.45) is 5.92 Å². The molecule has 2 aromatic carbocycles. The van der Waals surface area contributed by atoms with Gasteiger partial charge in [-0.25, -0.2) is 0 Å². The summed E-state index contributed by atoms with van der Waals surface area (Å²) < 4.78 is 34.6. The highest BCUT2D eigenvalue weighted by Gasteiger charge is 2.24. The predicted molar refractivity (Wildman–Crippen MR) is 109 cm³/mol. The third kappa shape index (κ3) is 6.72. The molecular formula is C22H26F2N2O4. The SMILES string of the molecule is COc1ccc(CCNC(=O)C(NC(=O)c2ccccc2)C(C)C)cc1OC(F)F. The Morgan fingerprint density at radius 2 is 1.73 bits per heavy atom. The lowest BCUT2D eigenvalue weighted by Crippen LogP contribution is -2.50. The quantitative estimate of drug-likeness (QED) is 0.618. The highest BCUT2D eigenvalue weighted by atomic mass is 19.3. The van der Waals surface area contributed by atoms with E-state index in [9.17, 15) is 18.4 Å². The molecule has 1 unspecified atom stereocenters. The van der Waals surface area contributed by atoms with Gasteiger partial charge in [-0.2, -0.15) is 8.78 Å². The van der Waals surface area contributed by atoms with Gasteiger partial charge in [-0.1, -0.05) is 38.1 Å². The van der Waals surface area contributed by atoms with E-state index < -0.39 is 12.7 Å². The van der Waals surface area contributed by atoms with Crippen LogP contribution in [-0.4, -0.2) is 38.1 Å². The molecule has 1 atom stereocenters. The molecule has 0 bridgehead atoms. The first-order valence-electron chi connectivity index (χ1n) is 9.57. The second-order valence-electron chi connectivity index (χ2n) is 6.97. The molecule has 0 saturated carbocycles. The zero-order valence-electron chi connectivity index (χ0n) is 17.2. The lowest BCUT2D eigenvalue weighted by atomic mass is 10.0. The number of hydrogen-bond donors (Lipinski definition) is 2. The van der Waals surface area contributed by atoms with Gasteiger partial charge in [-0.3, -0.25) is 9.59 Å². The van der Waals surface area contributed by atoms with Crippen LogP contribution < -0.4 is 20.1 Å². The standard InChI is InChI=1S/C22H26F2N2O4/c1-14(2)19(26-20(27)16-7-5-4-6-8-16)21(28)25-12-11-15-9-10-17(29-3)18(13-15)30-22(23)24/h4-10,13-14,19,22H,11-12H2,1-3H3,(H,25,28)(H,26,27). The van der Waals surface area contributed by atoms with Crippen molar-refractivity contribution in [2.45, 2.75) is 32.9 Å². The fourth-order valence-corrected chi connectivity index (χ4v) is 2.85. The van der Waals surface area contributed by atoms with Crippen molar-refractivity contribution in [3.63, 3.8) is 0 Å². The van der Waals surface area contributed by atoms with E-state index >= 15 is 0 Å². The molecule has 2 amide bonds. The van der Waals surface area contributed by atoms with E-state index in [0.717, 1.165) is 0 Å². The summed E-state index contributed by atoms with van der Waals surface area (Å²) in [5.74, 6) is -0.622. The summed E-state index contributed by atoms with van der Waals surface area (Å²) in [6.45, 7) is 0.984. The van der Waals surface area contributed by atoms with Crippen molar-refractivity contribution in [3.05, 3.63) is 59.7 Å².